The molecule has 2 heteroatoms. The number of carbonyl (C=O) groups excluding carboxylic acids is 2. The zero-order chi connectivity index (χ0) is 13.1. The Balaban J connectivity index is 2.37. The topological polar surface area (TPSA) is 34.1 Å². The van der Waals surface area contributed by atoms with Gasteiger partial charge in [-0.25, -0.2) is 0 Å². The molecule has 0 radical (unpaired) electrons. The standard InChI is InChI=1S/C16H18O2/c1-3-11-7-5-9-13(17)15(11)16-12(4-2)8-6-10-14(16)18/h3-6,9-12,15-16H,1-2,7-8H2. The van der Waals surface area contributed by atoms with Crippen molar-refractivity contribution in [1.29, 1.82) is 0 Å². The molecule has 4 atom stereocenters. The van der Waals surface area contributed by atoms with Crippen LogP contribution in [0.25, 0.3) is 0 Å². The number of hydrogen-bond acceptors (Lipinski definition) is 2. The Morgan fingerprint density at radius 2 is 1.28 bits per heavy atom. The van der Waals surface area contributed by atoms with Crippen LogP contribution >= 0.6 is 0 Å². The Morgan fingerprint density at radius 3 is 1.61 bits per heavy atom. The molecular formula is C16H18O2. The third kappa shape index (κ3) is 2.15. The van der Waals surface area contributed by atoms with Gasteiger partial charge in [-0.1, -0.05) is 24.3 Å². The molecule has 0 spiro atoms. The summed E-state index contributed by atoms with van der Waals surface area (Å²) in [5.74, 6) is -0.324. The van der Waals surface area contributed by atoms with Crippen LogP contribution in [0, 0.1) is 23.7 Å². The molecule has 2 aliphatic carbocycles. The third-order valence-electron chi connectivity index (χ3n) is 3.95. The van der Waals surface area contributed by atoms with Crippen molar-refractivity contribution in [3.05, 3.63) is 49.6 Å². The maximum Gasteiger partial charge on any atom is 0.159 e. The van der Waals surface area contributed by atoms with Gasteiger partial charge in [0.25, 0.3) is 0 Å². The average Bonchev–Trinajstić information content (AvgIpc) is 2.38. The van der Waals surface area contributed by atoms with E-state index < -0.39 is 0 Å². The van der Waals surface area contributed by atoms with E-state index in [9.17, 15) is 9.59 Å². The lowest BCUT2D eigenvalue weighted by atomic mass is 9.66. The molecule has 2 rings (SSSR count). The van der Waals surface area contributed by atoms with Crippen molar-refractivity contribution in [1.82, 2.24) is 0 Å². The summed E-state index contributed by atoms with van der Waals surface area (Å²) in [5.41, 5.74) is 0. The maximum absolute atomic E-state index is 12.1. The zero-order valence-electron chi connectivity index (χ0n) is 10.4. The number of carbonyl (C=O) groups is 2. The smallest absolute Gasteiger partial charge is 0.159 e. The van der Waals surface area contributed by atoms with Gasteiger partial charge >= 0.3 is 0 Å². The summed E-state index contributed by atoms with van der Waals surface area (Å²) in [6.45, 7) is 7.60. The molecule has 0 aromatic rings. The van der Waals surface area contributed by atoms with Gasteiger partial charge in [-0.2, -0.15) is 0 Å². The van der Waals surface area contributed by atoms with E-state index in [1.807, 2.05) is 12.2 Å². The van der Waals surface area contributed by atoms with Gasteiger partial charge in [0.05, 0.1) is 0 Å². The monoisotopic (exact) mass is 242 g/mol. The summed E-state index contributed by atoms with van der Waals surface area (Å²) in [5, 5.41) is 0. The van der Waals surface area contributed by atoms with Gasteiger partial charge in [0.15, 0.2) is 11.6 Å². The highest BCUT2D eigenvalue weighted by Gasteiger charge is 2.41. The maximum atomic E-state index is 12.1. The molecule has 18 heavy (non-hydrogen) atoms. The van der Waals surface area contributed by atoms with E-state index >= 15 is 0 Å². The highest BCUT2D eigenvalue weighted by atomic mass is 16.1. The summed E-state index contributed by atoms with van der Waals surface area (Å²) in [7, 11) is 0. The summed E-state index contributed by atoms with van der Waals surface area (Å²) in [6.07, 6.45) is 12.1. The molecule has 2 aliphatic rings. The van der Waals surface area contributed by atoms with Gasteiger partial charge in [-0.3, -0.25) is 9.59 Å². The first-order valence-electron chi connectivity index (χ1n) is 6.35. The number of rotatable bonds is 3. The van der Waals surface area contributed by atoms with Crippen LogP contribution in [0.15, 0.2) is 49.6 Å². The highest BCUT2D eigenvalue weighted by molar-refractivity contribution is 6.01. The SMILES string of the molecule is C=CC1CC=CC(=O)C1C1C(=O)C=CCC1C=C. The minimum absolute atomic E-state index is 0.0478. The van der Waals surface area contributed by atoms with E-state index in [4.69, 9.17) is 0 Å². The minimum Gasteiger partial charge on any atom is -0.295 e. The molecule has 0 fully saturated rings. The first-order chi connectivity index (χ1) is 8.69. The van der Waals surface area contributed by atoms with E-state index in [1.54, 1.807) is 24.3 Å². The van der Waals surface area contributed by atoms with Crippen molar-refractivity contribution in [2.24, 2.45) is 23.7 Å². The van der Waals surface area contributed by atoms with Crippen molar-refractivity contribution in [3.63, 3.8) is 0 Å². The predicted octanol–water partition coefficient (Wildman–Crippen LogP) is 2.88. The quantitative estimate of drug-likeness (QED) is 0.713. The molecule has 4 unspecified atom stereocenters. The Bertz CT molecular complexity index is 400. The van der Waals surface area contributed by atoms with Crippen molar-refractivity contribution >= 4 is 11.6 Å². The lowest BCUT2D eigenvalue weighted by Crippen LogP contribution is -2.40. The molecule has 0 aromatic carbocycles. The lowest BCUT2D eigenvalue weighted by Gasteiger charge is -2.35. The van der Waals surface area contributed by atoms with E-state index in [0.717, 1.165) is 12.8 Å². The molecular weight excluding hydrogens is 224 g/mol. The molecule has 0 aliphatic heterocycles. The highest BCUT2D eigenvalue weighted by Crippen LogP contribution is 2.38. The van der Waals surface area contributed by atoms with E-state index in [1.165, 1.54) is 0 Å². The number of ketones is 2. The van der Waals surface area contributed by atoms with Crippen LogP contribution in [0.4, 0.5) is 0 Å². The fourth-order valence-electron chi connectivity index (χ4n) is 2.99. The van der Waals surface area contributed by atoms with Crippen molar-refractivity contribution in [3.8, 4) is 0 Å². The summed E-state index contributed by atoms with van der Waals surface area (Å²) in [4.78, 5) is 24.2. The van der Waals surface area contributed by atoms with Crippen LogP contribution in [0.1, 0.15) is 12.8 Å². The minimum atomic E-state index is -0.270. The van der Waals surface area contributed by atoms with E-state index in [0.29, 0.717) is 0 Å². The normalized spacial score (nSPS) is 35.6. The Hall–Kier alpha value is -1.70. The first kappa shape index (κ1) is 12.7. The van der Waals surface area contributed by atoms with Gasteiger partial charge in [0, 0.05) is 11.8 Å². The zero-order valence-corrected chi connectivity index (χ0v) is 10.4. The van der Waals surface area contributed by atoms with E-state index in [-0.39, 0.29) is 35.2 Å². The third-order valence-corrected chi connectivity index (χ3v) is 3.95. The lowest BCUT2D eigenvalue weighted by molar-refractivity contribution is -0.130. The van der Waals surface area contributed by atoms with Gasteiger partial charge in [0.2, 0.25) is 0 Å². The van der Waals surface area contributed by atoms with Crippen LogP contribution in [-0.4, -0.2) is 11.6 Å². The van der Waals surface area contributed by atoms with Crippen LogP contribution in [0.2, 0.25) is 0 Å². The van der Waals surface area contributed by atoms with E-state index in [2.05, 4.69) is 13.2 Å². The Labute approximate surface area is 108 Å². The number of hydrogen-bond donors (Lipinski definition) is 0. The largest absolute Gasteiger partial charge is 0.295 e. The van der Waals surface area contributed by atoms with Crippen LogP contribution in [0.3, 0.4) is 0 Å². The van der Waals surface area contributed by atoms with Crippen molar-refractivity contribution in [2.75, 3.05) is 0 Å². The van der Waals surface area contributed by atoms with Gasteiger partial charge in [-0.15, -0.1) is 13.2 Å². The van der Waals surface area contributed by atoms with Crippen molar-refractivity contribution < 1.29 is 9.59 Å². The molecule has 94 valence electrons. The molecule has 0 bridgehead atoms. The van der Waals surface area contributed by atoms with Crippen molar-refractivity contribution in [2.45, 2.75) is 12.8 Å². The molecule has 0 aromatic heterocycles. The van der Waals surface area contributed by atoms with Crippen LogP contribution in [0.5, 0.6) is 0 Å². The second-order valence-corrected chi connectivity index (χ2v) is 4.93. The fraction of sp³-hybridized carbons (Fsp3) is 0.375. The summed E-state index contributed by atoms with van der Waals surface area (Å²) < 4.78 is 0. The molecule has 0 saturated carbocycles. The molecule has 0 heterocycles. The molecule has 2 nitrogen and oxygen atoms in total. The fourth-order valence-corrected chi connectivity index (χ4v) is 2.99. The molecule has 0 N–H and O–H groups in total. The molecule has 0 amide bonds. The number of allylic oxidation sites excluding steroid dienone is 6. The second-order valence-electron chi connectivity index (χ2n) is 4.93. The Kier molecular flexibility index (Phi) is 3.75. The molecule has 0 saturated heterocycles. The predicted molar refractivity (Wildman–Crippen MR) is 71.9 cm³/mol. The van der Waals surface area contributed by atoms with Crippen LogP contribution < -0.4 is 0 Å². The van der Waals surface area contributed by atoms with Gasteiger partial charge < -0.3 is 0 Å². The Morgan fingerprint density at radius 1 is 0.889 bits per heavy atom. The summed E-state index contributed by atoms with van der Waals surface area (Å²) >= 11 is 0. The summed E-state index contributed by atoms with van der Waals surface area (Å²) in [6, 6.07) is 0. The average molecular weight is 242 g/mol. The first-order valence-corrected chi connectivity index (χ1v) is 6.35. The van der Waals surface area contributed by atoms with Crippen LogP contribution in [-0.2, 0) is 9.59 Å². The van der Waals surface area contributed by atoms with Gasteiger partial charge in [-0.05, 0) is 36.8 Å². The van der Waals surface area contributed by atoms with Gasteiger partial charge in [0.1, 0.15) is 0 Å². The second kappa shape index (κ2) is 5.30.